The monoisotopic (exact) mass is 385 g/mol. The second kappa shape index (κ2) is 9.15. The highest BCUT2D eigenvalue weighted by Crippen LogP contribution is 2.35. The highest BCUT2D eigenvalue weighted by Gasteiger charge is 2.21. The Bertz CT molecular complexity index is 880. The molecule has 0 unspecified atom stereocenters. The molecule has 2 aromatic heterocycles. The topological polar surface area (TPSA) is 50.9 Å². The molecule has 0 spiro atoms. The van der Waals surface area contributed by atoms with Crippen molar-refractivity contribution in [2.24, 2.45) is 0 Å². The first-order valence-corrected chi connectivity index (χ1v) is 9.93. The largest absolute Gasteiger partial charge is 0.396 e. The third-order valence-corrected chi connectivity index (χ3v) is 5.30. The molecule has 0 amide bonds. The molecule has 6 heteroatoms. The molecule has 0 aliphatic heterocycles. The molecule has 1 aromatic carbocycles. The van der Waals surface area contributed by atoms with E-state index in [0.717, 1.165) is 27.1 Å². The van der Waals surface area contributed by atoms with Gasteiger partial charge >= 0.3 is 0 Å². The van der Waals surface area contributed by atoms with Gasteiger partial charge in [-0.25, -0.2) is 9.37 Å². The Morgan fingerprint density at radius 1 is 1.19 bits per heavy atom. The molecular weight excluding hydrogens is 361 g/mol. The summed E-state index contributed by atoms with van der Waals surface area (Å²) in [5.74, 6) is 0.915. The SMILES string of the molecule is CC(C)c1nc(CCCO)n(Cc2ccccn2)c1Sc1cccc(F)c1. The summed E-state index contributed by atoms with van der Waals surface area (Å²) in [5.41, 5.74) is 1.93. The van der Waals surface area contributed by atoms with Crippen molar-refractivity contribution in [1.82, 2.24) is 14.5 Å². The van der Waals surface area contributed by atoms with Crippen molar-refractivity contribution in [3.8, 4) is 0 Å². The maximum atomic E-state index is 13.7. The van der Waals surface area contributed by atoms with Gasteiger partial charge in [-0.3, -0.25) is 4.98 Å². The molecule has 0 saturated heterocycles. The van der Waals surface area contributed by atoms with E-state index >= 15 is 0 Å². The van der Waals surface area contributed by atoms with Gasteiger partial charge in [0.25, 0.3) is 0 Å². The second-order valence-corrected chi connectivity index (χ2v) is 7.73. The van der Waals surface area contributed by atoms with Gasteiger partial charge in [-0.2, -0.15) is 0 Å². The van der Waals surface area contributed by atoms with E-state index < -0.39 is 0 Å². The molecule has 0 aliphatic carbocycles. The van der Waals surface area contributed by atoms with E-state index in [2.05, 4.69) is 23.4 Å². The maximum Gasteiger partial charge on any atom is 0.124 e. The fourth-order valence-electron chi connectivity index (χ4n) is 2.87. The Balaban J connectivity index is 2.05. The summed E-state index contributed by atoms with van der Waals surface area (Å²) in [7, 11) is 0. The first kappa shape index (κ1) is 19.6. The smallest absolute Gasteiger partial charge is 0.124 e. The third kappa shape index (κ3) is 4.96. The highest BCUT2D eigenvalue weighted by atomic mass is 32.2. The van der Waals surface area contributed by atoms with E-state index in [1.54, 1.807) is 18.3 Å². The van der Waals surface area contributed by atoms with E-state index in [4.69, 9.17) is 4.98 Å². The summed E-state index contributed by atoms with van der Waals surface area (Å²) in [6.45, 7) is 4.94. The molecule has 0 atom stereocenters. The molecule has 3 rings (SSSR count). The number of nitrogens with zero attached hydrogens (tertiary/aromatic N) is 3. The van der Waals surface area contributed by atoms with Gasteiger partial charge in [0.15, 0.2) is 0 Å². The number of aromatic nitrogens is 3. The number of benzene rings is 1. The first-order valence-electron chi connectivity index (χ1n) is 9.12. The number of aryl methyl sites for hydroxylation is 1. The lowest BCUT2D eigenvalue weighted by molar-refractivity contribution is 0.287. The number of aliphatic hydroxyl groups is 1. The lowest BCUT2D eigenvalue weighted by atomic mass is 10.1. The van der Waals surface area contributed by atoms with Crippen LogP contribution in [0.5, 0.6) is 0 Å². The molecule has 3 aromatic rings. The van der Waals surface area contributed by atoms with Crippen molar-refractivity contribution in [2.75, 3.05) is 6.61 Å². The average Bonchev–Trinajstić information content (AvgIpc) is 2.98. The molecule has 2 heterocycles. The number of pyridine rings is 1. The number of hydrogen-bond acceptors (Lipinski definition) is 4. The lowest BCUT2D eigenvalue weighted by Gasteiger charge is -2.13. The van der Waals surface area contributed by atoms with E-state index in [-0.39, 0.29) is 18.3 Å². The van der Waals surface area contributed by atoms with Gasteiger partial charge in [0.05, 0.1) is 17.9 Å². The van der Waals surface area contributed by atoms with Crippen LogP contribution in [0, 0.1) is 5.82 Å². The van der Waals surface area contributed by atoms with Crippen LogP contribution in [0.1, 0.15) is 43.4 Å². The van der Waals surface area contributed by atoms with Gasteiger partial charge in [-0.1, -0.05) is 37.7 Å². The van der Waals surface area contributed by atoms with Gasteiger partial charge in [0, 0.05) is 24.1 Å². The Morgan fingerprint density at radius 3 is 2.70 bits per heavy atom. The van der Waals surface area contributed by atoms with E-state index in [9.17, 15) is 9.50 Å². The van der Waals surface area contributed by atoms with E-state index in [1.165, 1.54) is 17.8 Å². The predicted molar refractivity (Wildman–Crippen MR) is 106 cm³/mol. The minimum absolute atomic E-state index is 0.125. The summed E-state index contributed by atoms with van der Waals surface area (Å²) in [4.78, 5) is 10.2. The fraction of sp³-hybridized carbons (Fsp3) is 0.333. The number of halogens is 1. The van der Waals surface area contributed by atoms with E-state index in [0.29, 0.717) is 19.4 Å². The minimum atomic E-state index is -0.248. The molecule has 0 bridgehead atoms. The maximum absolute atomic E-state index is 13.7. The molecule has 1 N–H and O–H groups in total. The van der Waals surface area contributed by atoms with Crippen LogP contribution < -0.4 is 0 Å². The predicted octanol–water partition coefficient (Wildman–Crippen LogP) is 4.67. The fourth-order valence-corrected chi connectivity index (χ4v) is 4.08. The highest BCUT2D eigenvalue weighted by molar-refractivity contribution is 7.99. The van der Waals surface area contributed by atoms with Crippen LogP contribution in [-0.2, 0) is 13.0 Å². The van der Waals surface area contributed by atoms with Crippen molar-refractivity contribution in [3.05, 3.63) is 71.7 Å². The van der Waals surface area contributed by atoms with Crippen LogP contribution in [-0.4, -0.2) is 26.2 Å². The summed E-state index contributed by atoms with van der Waals surface area (Å²) < 4.78 is 15.8. The van der Waals surface area contributed by atoms with Crippen molar-refractivity contribution in [2.45, 2.75) is 49.1 Å². The summed E-state index contributed by atoms with van der Waals surface area (Å²) in [6, 6.07) is 12.5. The first-order chi connectivity index (χ1) is 13.1. The average molecular weight is 386 g/mol. The summed E-state index contributed by atoms with van der Waals surface area (Å²) in [6.07, 6.45) is 3.12. The Labute approximate surface area is 163 Å². The third-order valence-electron chi connectivity index (χ3n) is 4.19. The number of aliphatic hydroxyl groups excluding tert-OH is 1. The Morgan fingerprint density at radius 2 is 2.04 bits per heavy atom. The molecular formula is C21H24FN3OS. The van der Waals surface area contributed by atoms with Gasteiger partial charge in [-0.05, 0) is 42.7 Å². The Kier molecular flexibility index (Phi) is 6.63. The zero-order valence-corrected chi connectivity index (χ0v) is 16.4. The number of imidazole rings is 1. The van der Waals surface area contributed by atoms with Crippen LogP contribution in [0.25, 0.3) is 0 Å². The standard InChI is InChI=1S/C21H24FN3OS/c1-15(2)20-21(27-18-9-5-7-16(22)13-18)25(19(24-20)10-6-12-26)14-17-8-3-4-11-23-17/h3-5,7-9,11,13,15,26H,6,10,12,14H2,1-2H3. The van der Waals surface area contributed by atoms with Crippen LogP contribution in [0.15, 0.2) is 58.6 Å². The molecule has 0 saturated carbocycles. The summed E-state index contributed by atoms with van der Waals surface area (Å²) in [5, 5.41) is 10.3. The lowest BCUT2D eigenvalue weighted by Crippen LogP contribution is -2.08. The van der Waals surface area contributed by atoms with Crippen molar-refractivity contribution in [3.63, 3.8) is 0 Å². The van der Waals surface area contributed by atoms with E-state index in [1.807, 2.05) is 24.3 Å². The Hall–Kier alpha value is -2.18. The number of hydrogen-bond donors (Lipinski definition) is 1. The van der Waals surface area contributed by atoms with Crippen LogP contribution in [0.2, 0.25) is 0 Å². The summed E-state index contributed by atoms with van der Waals surface area (Å²) >= 11 is 1.53. The zero-order valence-electron chi connectivity index (χ0n) is 15.6. The molecule has 4 nitrogen and oxygen atoms in total. The second-order valence-electron chi connectivity index (χ2n) is 6.67. The van der Waals surface area contributed by atoms with Crippen LogP contribution in [0.3, 0.4) is 0 Å². The zero-order chi connectivity index (χ0) is 19.2. The molecule has 0 fully saturated rings. The van der Waals surface area contributed by atoms with Crippen molar-refractivity contribution in [1.29, 1.82) is 0 Å². The minimum Gasteiger partial charge on any atom is -0.396 e. The van der Waals surface area contributed by atoms with Crippen molar-refractivity contribution >= 4 is 11.8 Å². The van der Waals surface area contributed by atoms with Gasteiger partial charge in [-0.15, -0.1) is 0 Å². The molecule has 27 heavy (non-hydrogen) atoms. The van der Waals surface area contributed by atoms with Crippen LogP contribution in [0.4, 0.5) is 4.39 Å². The van der Waals surface area contributed by atoms with Crippen LogP contribution >= 0.6 is 11.8 Å². The number of rotatable bonds is 8. The normalized spacial score (nSPS) is 11.3. The molecule has 0 radical (unpaired) electrons. The van der Waals surface area contributed by atoms with Gasteiger partial charge in [0.2, 0.25) is 0 Å². The molecule has 142 valence electrons. The van der Waals surface area contributed by atoms with Gasteiger partial charge < -0.3 is 9.67 Å². The van der Waals surface area contributed by atoms with Gasteiger partial charge in [0.1, 0.15) is 16.7 Å². The quantitative estimate of drug-likeness (QED) is 0.612. The molecule has 0 aliphatic rings. The van der Waals surface area contributed by atoms with Crippen molar-refractivity contribution < 1.29 is 9.50 Å².